The maximum absolute atomic E-state index is 12.3. The van der Waals surface area contributed by atoms with Crippen molar-refractivity contribution < 1.29 is 9.53 Å². The quantitative estimate of drug-likeness (QED) is 0.682. The molecule has 0 aliphatic carbocycles. The fourth-order valence-electron chi connectivity index (χ4n) is 2.03. The van der Waals surface area contributed by atoms with Gasteiger partial charge in [-0.2, -0.15) is 0 Å². The first kappa shape index (κ1) is 21.4. The molecule has 0 aliphatic heterocycles. The number of rotatable bonds is 6. The summed E-state index contributed by atoms with van der Waals surface area (Å²) in [5.41, 5.74) is 0. The van der Waals surface area contributed by atoms with E-state index in [0.29, 0.717) is 33.9 Å². The number of halogens is 3. The minimum absolute atomic E-state index is 0. The maximum Gasteiger partial charge on any atom is 2.00 e. The zero-order valence-electron chi connectivity index (χ0n) is 13.2. The first-order valence-electron chi connectivity index (χ1n) is 7.07. The van der Waals surface area contributed by atoms with E-state index >= 15 is 0 Å². The van der Waals surface area contributed by atoms with Crippen LogP contribution < -0.4 is 4.74 Å². The van der Waals surface area contributed by atoms with E-state index in [1.54, 1.807) is 29.4 Å². The van der Waals surface area contributed by atoms with Crippen LogP contribution in [0, 0.1) is 0 Å². The van der Waals surface area contributed by atoms with Gasteiger partial charge in [0.15, 0.2) is 5.75 Å². The van der Waals surface area contributed by atoms with Crippen LogP contribution in [0.2, 0.25) is 15.1 Å². The number of hydrogen-bond donors (Lipinski definition) is 0. The van der Waals surface area contributed by atoms with Crippen LogP contribution >= 0.6 is 34.8 Å². The van der Waals surface area contributed by atoms with Gasteiger partial charge in [-0.25, -0.2) is 9.78 Å². The Morgan fingerprint density at radius 2 is 1.92 bits per heavy atom. The second-order valence-corrected chi connectivity index (χ2v) is 6.04. The largest absolute Gasteiger partial charge is 2.00 e. The Morgan fingerprint density at radius 3 is 2.46 bits per heavy atom. The maximum atomic E-state index is 12.3. The Hall–Kier alpha value is -0.664. The second-order valence-electron chi connectivity index (χ2n) is 4.79. The molecular formula is C15H16Cl3MgN3O2+2. The molecule has 0 saturated heterocycles. The van der Waals surface area contributed by atoms with Gasteiger partial charge in [-0.1, -0.05) is 41.7 Å². The Morgan fingerprint density at radius 1 is 1.25 bits per heavy atom. The molecule has 24 heavy (non-hydrogen) atoms. The number of nitrogens with zero attached hydrogens (tertiary/aromatic N) is 3. The molecule has 0 N–H and O–H groups in total. The van der Waals surface area contributed by atoms with Gasteiger partial charge in [-0.05, 0) is 18.6 Å². The first-order chi connectivity index (χ1) is 11.0. The number of amides is 1. The predicted molar refractivity (Wildman–Crippen MR) is 97.6 cm³/mol. The Labute approximate surface area is 172 Å². The summed E-state index contributed by atoms with van der Waals surface area (Å²) < 4.78 is 7.05. The van der Waals surface area contributed by atoms with Crippen LogP contribution in [0.1, 0.15) is 13.3 Å². The number of benzene rings is 1. The first-order valence-corrected chi connectivity index (χ1v) is 8.21. The molecule has 1 amide bonds. The van der Waals surface area contributed by atoms with E-state index < -0.39 is 0 Å². The molecule has 0 aliphatic rings. The van der Waals surface area contributed by atoms with E-state index in [4.69, 9.17) is 39.5 Å². The number of aromatic nitrogens is 2. The summed E-state index contributed by atoms with van der Waals surface area (Å²) in [5, 5.41) is 1.12. The molecule has 5 nitrogen and oxygen atoms in total. The van der Waals surface area contributed by atoms with Crippen LogP contribution in [0.5, 0.6) is 5.75 Å². The van der Waals surface area contributed by atoms with Gasteiger partial charge in [0.2, 0.25) is 0 Å². The van der Waals surface area contributed by atoms with Crippen molar-refractivity contribution in [1.29, 1.82) is 0 Å². The van der Waals surface area contributed by atoms with Crippen LogP contribution in [-0.4, -0.2) is 63.2 Å². The third kappa shape index (κ3) is 5.70. The fraction of sp³-hybridized carbons (Fsp3) is 0.333. The molecule has 0 saturated carbocycles. The zero-order chi connectivity index (χ0) is 16.8. The summed E-state index contributed by atoms with van der Waals surface area (Å²) >= 11 is 18.0. The third-order valence-corrected chi connectivity index (χ3v) is 3.84. The van der Waals surface area contributed by atoms with Gasteiger partial charge >= 0.3 is 29.1 Å². The van der Waals surface area contributed by atoms with Crippen LogP contribution in [0.4, 0.5) is 4.79 Å². The van der Waals surface area contributed by atoms with Crippen molar-refractivity contribution in [2.45, 2.75) is 13.3 Å². The molecule has 0 unspecified atom stereocenters. The van der Waals surface area contributed by atoms with E-state index in [1.807, 2.05) is 6.92 Å². The molecule has 0 atom stereocenters. The Balaban J connectivity index is 0.00000288. The number of hydrogen-bond acceptors (Lipinski definition) is 3. The van der Waals surface area contributed by atoms with Gasteiger partial charge < -0.3 is 9.64 Å². The molecule has 2 rings (SSSR count). The van der Waals surface area contributed by atoms with Crippen LogP contribution in [0.15, 0.2) is 30.9 Å². The second kappa shape index (κ2) is 10.4. The van der Waals surface area contributed by atoms with Crippen molar-refractivity contribution >= 4 is 63.9 Å². The number of ether oxygens (including phenoxy) is 1. The average molecular weight is 401 g/mol. The van der Waals surface area contributed by atoms with Crippen molar-refractivity contribution in [3.05, 3.63) is 45.9 Å². The molecule has 9 heteroatoms. The standard InChI is InChI=1S/C15H16Cl3N3O2.Mg/c1-2-4-20(15(22)21-5-3-19-10-21)6-7-23-14-12(17)8-11(16)9-13(14)18;/h3,5,8-10H,2,4,6-7H2,1H3;/q;+2. The SMILES string of the molecule is CCCN(CCOc1c(Cl)cc(Cl)cc1Cl)C(=O)n1ccnc1.[Mg+2]. The van der Waals surface area contributed by atoms with Gasteiger partial charge in [-0.15, -0.1) is 0 Å². The Kier molecular flexibility index (Phi) is 9.22. The summed E-state index contributed by atoms with van der Waals surface area (Å²) in [7, 11) is 0. The number of carbonyl (C=O) groups is 1. The average Bonchev–Trinajstić information content (AvgIpc) is 3.02. The van der Waals surface area contributed by atoms with Gasteiger partial charge in [0.05, 0.1) is 16.6 Å². The van der Waals surface area contributed by atoms with Crippen molar-refractivity contribution in [2.75, 3.05) is 19.7 Å². The predicted octanol–water partition coefficient (Wildman–Crippen LogP) is 4.22. The van der Waals surface area contributed by atoms with E-state index in [9.17, 15) is 4.79 Å². The molecule has 0 radical (unpaired) electrons. The molecule has 1 aromatic heterocycles. The van der Waals surface area contributed by atoms with E-state index in [-0.39, 0.29) is 35.7 Å². The minimum atomic E-state index is -0.152. The monoisotopic (exact) mass is 399 g/mol. The zero-order valence-corrected chi connectivity index (χ0v) is 16.9. The van der Waals surface area contributed by atoms with E-state index in [2.05, 4.69) is 4.98 Å². The molecule has 0 spiro atoms. The van der Waals surface area contributed by atoms with Crippen molar-refractivity contribution in [3.8, 4) is 5.75 Å². The van der Waals surface area contributed by atoms with Crippen LogP contribution in [-0.2, 0) is 0 Å². The van der Waals surface area contributed by atoms with Crippen molar-refractivity contribution in [1.82, 2.24) is 14.5 Å². The molecule has 0 bridgehead atoms. The van der Waals surface area contributed by atoms with Crippen molar-refractivity contribution in [3.63, 3.8) is 0 Å². The molecule has 1 aromatic carbocycles. The molecular weight excluding hydrogens is 385 g/mol. The summed E-state index contributed by atoms with van der Waals surface area (Å²) in [6.45, 7) is 3.28. The van der Waals surface area contributed by atoms with Gasteiger partial charge in [0.1, 0.15) is 12.9 Å². The summed E-state index contributed by atoms with van der Waals surface area (Å²) in [4.78, 5) is 17.9. The van der Waals surface area contributed by atoms with Crippen LogP contribution in [0.25, 0.3) is 0 Å². The van der Waals surface area contributed by atoms with Gasteiger partial charge in [-0.3, -0.25) is 4.57 Å². The van der Waals surface area contributed by atoms with E-state index in [0.717, 1.165) is 6.42 Å². The van der Waals surface area contributed by atoms with E-state index in [1.165, 1.54) is 10.9 Å². The molecule has 1 heterocycles. The molecule has 0 fully saturated rings. The third-order valence-electron chi connectivity index (χ3n) is 3.06. The summed E-state index contributed by atoms with van der Waals surface area (Å²) in [6.07, 6.45) is 5.48. The van der Waals surface area contributed by atoms with Gasteiger partial charge in [0.25, 0.3) is 0 Å². The molecule has 124 valence electrons. The Bertz CT molecular complexity index is 645. The number of carbonyl (C=O) groups excluding carboxylic acids is 1. The smallest absolute Gasteiger partial charge is 0.489 e. The normalized spacial score (nSPS) is 10.2. The van der Waals surface area contributed by atoms with Crippen LogP contribution in [0.3, 0.4) is 0 Å². The minimum Gasteiger partial charge on any atom is -0.489 e. The number of imidazole rings is 1. The van der Waals surface area contributed by atoms with Crippen molar-refractivity contribution in [2.24, 2.45) is 0 Å². The topological polar surface area (TPSA) is 47.4 Å². The van der Waals surface area contributed by atoms with Gasteiger partial charge in [0, 0.05) is 24.0 Å². The molecule has 2 aromatic rings. The fourth-order valence-corrected chi connectivity index (χ4v) is 2.96. The summed E-state index contributed by atoms with van der Waals surface area (Å²) in [5.74, 6) is 0.365. The summed E-state index contributed by atoms with van der Waals surface area (Å²) in [6, 6.07) is 2.97.